The number of sulfonamides is 1. The van der Waals surface area contributed by atoms with E-state index in [1.807, 2.05) is 6.07 Å². The summed E-state index contributed by atoms with van der Waals surface area (Å²) in [7, 11) is -4.46. The van der Waals surface area contributed by atoms with Gasteiger partial charge in [-0.1, -0.05) is 30.3 Å². The quantitative estimate of drug-likeness (QED) is 0.493. The average Bonchev–Trinajstić information content (AvgIpc) is 3.15. The first-order valence-electron chi connectivity index (χ1n) is 10.4. The number of carbonyl (C=O) groups is 2. The van der Waals surface area contributed by atoms with Crippen molar-refractivity contribution < 1.29 is 35.9 Å². The van der Waals surface area contributed by atoms with Crippen molar-refractivity contribution in [3.05, 3.63) is 59.7 Å². The maximum atomic E-state index is 13.2. The van der Waals surface area contributed by atoms with Crippen molar-refractivity contribution in [3.8, 4) is 5.75 Å². The van der Waals surface area contributed by atoms with Crippen LogP contribution < -0.4 is 10.1 Å². The van der Waals surface area contributed by atoms with Gasteiger partial charge < -0.3 is 14.8 Å². The molecule has 184 valence electrons. The van der Waals surface area contributed by atoms with E-state index in [2.05, 4.69) is 5.32 Å². The molecule has 1 fully saturated rings. The van der Waals surface area contributed by atoms with Gasteiger partial charge in [-0.25, -0.2) is 21.6 Å². The summed E-state index contributed by atoms with van der Waals surface area (Å²) in [6.45, 7) is -0.518. The molecular formula is C22H26N2O8S2. The highest BCUT2D eigenvalue weighted by molar-refractivity contribution is 7.91. The molecule has 0 spiro atoms. The Hall–Kier alpha value is -2.96. The Kier molecular flexibility index (Phi) is 7.95. The second kappa shape index (κ2) is 10.5. The minimum atomic E-state index is -4.03. The van der Waals surface area contributed by atoms with Crippen LogP contribution in [0.3, 0.4) is 0 Å². The Bertz CT molecular complexity index is 1260. The number of amides is 1. The van der Waals surface area contributed by atoms with E-state index in [1.165, 1.54) is 26.3 Å². The predicted molar refractivity (Wildman–Crippen MR) is 124 cm³/mol. The first-order chi connectivity index (χ1) is 16.0. The smallest absolute Gasteiger partial charge is 0.338 e. The number of esters is 1. The van der Waals surface area contributed by atoms with E-state index in [9.17, 15) is 26.4 Å². The van der Waals surface area contributed by atoms with E-state index in [0.29, 0.717) is 6.42 Å². The second-order valence-electron chi connectivity index (χ2n) is 7.86. The van der Waals surface area contributed by atoms with Gasteiger partial charge in [-0.05, 0) is 30.2 Å². The Balaban J connectivity index is 1.70. The van der Waals surface area contributed by atoms with Gasteiger partial charge in [0, 0.05) is 19.6 Å². The Morgan fingerprint density at radius 3 is 2.47 bits per heavy atom. The van der Waals surface area contributed by atoms with Crippen molar-refractivity contribution in [2.45, 2.75) is 23.9 Å². The topological polar surface area (TPSA) is 136 Å². The number of hydrogen-bond acceptors (Lipinski definition) is 8. The van der Waals surface area contributed by atoms with Crippen molar-refractivity contribution in [3.63, 3.8) is 0 Å². The van der Waals surface area contributed by atoms with Crippen LogP contribution in [0.4, 0.5) is 0 Å². The van der Waals surface area contributed by atoms with Gasteiger partial charge in [0.1, 0.15) is 10.6 Å². The summed E-state index contributed by atoms with van der Waals surface area (Å²) in [6.07, 6.45) is 0.304. The molecule has 2 aromatic rings. The predicted octanol–water partition coefficient (Wildman–Crippen LogP) is 0.976. The molecule has 12 heteroatoms. The zero-order valence-electron chi connectivity index (χ0n) is 18.8. The highest BCUT2D eigenvalue weighted by Gasteiger charge is 2.30. The Morgan fingerprint density at radius 1 is 1.15 bits per heavy atom. The molecule has 1 saturated heterocycles. The summed E-state index contributed by atoms with van der Waals surface area (Å²) >= 11 is 0. The lowest BCUT2D eigenvalue weighted by Gasteiger charge is -2.19. The molecule has 10 nitrogen and oxygen atoms in total. The first-order valence-corrected chi connectivity index (χ1v) is 13.6. The number of ether oxygens (including phenoxy) is 2. The maximum Gasteiger partial charge on any atom is 0.338 e. The molecule has 0 unspecified atom stereocenters. The van der Waals surface area contributed by atoms with E-state index in [0.717, 1.165) is 15.9 Å². The van der Waals surface area contributed by atoms with Gasteiger partial charge in [0.15, 0.2) is 16.4 Å². The number of sulfone groups is 1. The summed E-state index contributed by atoms with van der Waals surface area (Å²) in [5, 5.41) is 2.52. The molecule has 0 aliphatic carbocycles. The summed E-state index contributed by atoms with van der Waals surface area (Å²) < 4.78 is 60.7. The molecule has 3 rings (SSSR count). The number of benzene rings is 2. The van der Waals surface area contributed by atoms with Crippen LogP contribution in [0.25, 0.3) is 0 Å². The third-order valence-corrected chi connectivity index (χ3v) is 8.86. The molecule has 1 atom stereocenters. The summed E-state index contributed by atoms with van der Waals surface area (Å²) in [5.41, 5.74) is 0.702. The summed E-state index contributed by atoms with van der Waals surface area (Å²) in [4.78, 5) is 24.3. The molecule has 1 aliphatic heterocycles. The number of nitrogens with zero attached hydrogens (tertiary/aromatic N) is 1. The Labute approximate surface area is 198 Å². The highest BCUT2D eigenvalue weighted by atomic mass is 32.2. The van der Waals surface area contributed by atoms with Crippen LogP contribution in [0.15, 0.2) is 53.4 Å². The zero-order chi connectivity index (χ0) is 24.9. The lowest BCUT2D eigenvalue weighted by Crippen LogP contribution is -2.38. The molecule has 0 bridgehead atoms. The van der Waals surface area contributed by atoms with Crippen LogP contribution in [0, 0.1) is 0 Å². The standard InChI is InChI=1S/C22H26N2O8S2/c1-24(13-16-6-4-3-5-7-16)34(29,30)20-12-17(8-9-19(20)31-2)22(26)32-14-21(25)23-18-10-11-33(27,28)15-18/h3-9,12,18H,10-11,13-15H2,1-2H3,(H,23,25)/t18-/m1/s1. The maximum absolute atomic E-state index is 13.2. The Morgan fingerprint density at radius 2 is 1.85 bits per heavy atom. The van der Waals surface area contributed by atoms with Crippen molar-refractivity contribution in [2.75, 3.05) is 32.3 Å². The zero-order valence-corrected chi connectivity index (χ0v) is 20.4. The van der Waals surface area contributed by atoms with Crippen LogP contribution in [0.2, 0.25) is 0 Å². The summed E-state index contributed by atoms with van der Waals surface area (Å²) in [6, 6.07) is 12.3. The molecule has 1 aliphatic rings. The second-order valence-corrected chi connectivity index (χ2v) is 12.1. The molecule has 0 aromatic heterocycles. The van der Waals surface area contributed by atoms with Crippen molar-refractivity contribution in [1.82, 2.24) is 9.62 Å². The molecule has 1 heterocycles. The van der Waals surface area contributed by atoms with Crippen LogP contribution in [0.5, 0.6) is 5.75 Å². The van der Waals surface area contributed by atoms with Crippen LogP contribution in [-0.4, -0.2) is 71.3 Å². The van der Waals surface area contributed by atoms with E-state index in [4.69, 9.17) is 9.47 Å². The fourth-order valence-corrected chi connectivity index (χ4v) is 6.50. The van der Waals surface area contributed by atoms with Crippen molar-refractivity contribution >= 4 is 31.7 Å². The normalized spacial score (nSPS) is 17.3. The van der Waals surface area contributed by atoms with Gasteiger partial charge in [0.05, 0.1) is 24.2 Å². The minimum absolute atomic E-state index is 0.000444. The first kappa shape index (κ1) is 25.7. The molecule has 34 heavy (non-hydrogen) atoms. The third kappa shape index (κ3) is 6.33. The highest BCUT2D eigenvalue weighted by Crippen LogP contribution is 2.28. The van der Waals surface area contributed by atoms with Gasteiger partial charge in [-0.15, -0.1) is 0 Å². The van der Waals surface area contributed by atoms with Gasteiger partial charge >= 0.3 is 5.97 Å². The molecule has 1 amide bonds. The molecule has 1 N–H and O–H groups in total. The monoisotopic (exact) mass is 510 g/mol. The molecule has 0 saturated carbocycles. The number of rotatable bonds is 9. The average molecular weight is 511 g/mol. The lowest BCUT2D eigenvalue weighted by molar-refractivity contribution is -0.124. The fraction of sp³-hybridized carbons (Fsp3) is 0.364. The minimum Gasteiger partial charge on any atom is -0.495 e. The van der Waals surface area contributed by atoms with Crippen LogP contribution in [-0.2, 0) is 35.9 Å². The number of methoxy groups -OCH3 is 1. The molecule has 2 aromatic carbocycles. The largest absolute Gasteiger partial charge is 0.495 e. The third-order valence-electron chi connectivity index (χ3n) is 5.27. The van der Waals surface area contributed by atoms with E-state index in [1.54, 1.807) is 24.3 Å². The van der Waals surface area contributed by atoms with Gasteiger partial charge in [-0.3, -0.25) is 4.79 Å². The van der Waals surface area contributed by atoms with Gasteiger partial charge in [-0.2, -0.15) is 4.31 Å². The fourth-order valence-electron chi connectivity index (χ4n) is 3.49. The number of carbonyl (C=O) groups excluding carboxylic acids is 2. The SMILES string of the molecule is COc1ccc(C(=O)OCC(=O)N[C@@H]2CCS(=O)(=O)C2)cc1S(=O)(=O)N(C)Cc1ccccc1. The van der Waals surface area contributed by atoms with Gasteiger partial charge in [0.25, 0.3) is 5.91 Å². The number of nitrogens with one attached hydrogen (secondary N) is 1. The van der Waals surface area contributed by atoms with Crippen molar-refractivity contribution in [1.29, 1.82) is 0 Å². The lowest BCUT2D eigenvalue weighted by atomic mass is 10.2. The van der Waals surface area contributed by atoms with Crippen LogP contribution >= 0.6 is 0 Å². The summed E-state index contributed by atoms with van der Waals surface area (Å²) in [5.74, 6) is -1.64. The van der Waals surface area contributed by atoms with Crippen molar-refractivity contribution in [2.24, 2.45) is 0 Å². The van der Waals surface area contributed by atoms with Gasteiger partial charge in [0.2, 0.25) is 10.0 Å². The van der Waals surface area contributed by atoms with Crippen LogP contribution in [0.1, 0.15) is 22.3 Å². The number of hydrogen-bond donors (Lipinski definition) is 1. The van der Waals surface area contributed by atoms with E-state index < -0.39 is 44.4 Å². The van der Waals surface area contributed by atoms with E-state index in [-0.39, 0.29) is 34.3 Å². The molecule has 0 radical (unpaired) electrons. The van der Waals surface area contributed by atoms with E-state index >= 15 is 0 Å². The molecular weight excluding hydrogens is 484 g/mol.